The fraction of sp³-hybridized carbons (Fsp3) is 0.650. The largest absolute Gasteiger partial charge is 0.394 e. The van der Waals surface area contributed by atoms with Gasteiger partial charge in [-0.15, -0.1) is 0 Å². The molecule has 0 spiro atoms. The maximum absolute atomic E-state index is 12.6. The standard InChI is InChI=1S/C20H30ClN3O6S/c21-15-1-4-17(5-2-15)31(27,28)23-18-6-3-16(30-19(18)14-25)7-8-22-20(26)13-24-9-11-29-12-10-24/h1-2,4-5,16,18-19,23,25H,3,6-14H2,(H,22,26)/t16-,18-,19-/m1/s1. The molecule has 3 rings (SSSR count). The van der Waals surface area contributed by atoms with E-state index in [2.05, 4.69) is 14.9 Å². The third-order valence-electron chi connectivity index (χ3n) is 5.49. The zero-order valence-electron chi connectivity index (χ0n) is 17.3. The van der Waals surface area contributed by atoms with E-state index in [0.29, 0.717) is 50.6 Å². The highest BCUT2D eigenvalue weighted by atomic mass is 35.5. The van der Waals surface area contributed by atoms with Crippen LogP contribution in [0.2, 0.25) is 5.02 Å². The zero-order valence-corrected chi connectivity index (χ0v) is 18.9. The number of aliphatic hydroxyl groups is 1. The first-order chi connectivity index (χ1) is 14.9. The lowest BCUT2D eigenvalue weighted by Crippen LogP contribution is -2.51. The van der Waals surface area contributed by atoms with Gasteiger partial charge >= 0.3 is 0 Å². The second kappa shape index (κ2) is 11.6. The fourth-order valence-corrected chi connectivity index (χ4v) is 5.18. The molecule has 1 aromatic rings. The summed E-state index contributed by atoms with van der Waals surface area (Å²) in [5.74, 6) is -0.0370. The van der Waals surface area contributed by atoms with Crippen LogP contribution in [0, 0.1) is 0 Å². The SMILES string of the molecule is O=C(CN1CCOCC1)NCC[C@H]1CC[C@@H](NS(=O)(=O)c2ccc(Cl)cc2)[C@@H](CO)O1. The summed E-state index contributed by atoms with van der Waals surface area (Å²) in [6.07, 6.45) is 0.956. The maximum Gasteiger partial charge on any atom is 0.240 e. The second-order valence-corrected chi connectivity index (χ2v) is 9.92. The number of benzene rings is 1. The van der Waals surface area contributed by atoms with Crippen molar-refractivity contribution in [2.75, 3.05) is 46.0 Å². The van der Waals surface area contributed by atoms with Gasteiger partial charge in [-0.1, -0.05) is 11.6 Å². The molecule has 11 heteroatoms. The average Bonchev–Trinajstić information content (AvgIpc) is 2.75. The van der Waals surface area contributed by atoms with E-state index in [9.17, 15) is 18.3 Å². The lowest BCUT2D eigenvalue weighted by atomic mass is 9.98. The lowest BCUT2D eigenvalue weighted by Gasteiger charge is -2.36. The Kier molecular flexibility index (Phi) is 9.08. The van der Waals surface area contributed by atoms with E-state index < -0.39 is 22.2 Å². The highest BCUT2D eigenvalue weighted by Crippen LogP contribution is 2.23. The van der Waals surface area contributed by atoms with Crippen LogP contribution in [-0.4, -0.2) is 88.6 Å². The minimum absolute atomic E-state index is 0.0370. The van der Waals surface area contributed by atoms with Gasteiger partial charge in [-0.3, -0.25) is 9.69 Å². The fourth-order valence-electron chi connectivity index (χ4n) is 3.75. The van der Waals surface area contributed by atoms with Gasteiger partial charge in [-0.25, -0.2) is 13.1 Å². The van der Waals surface area contributed by atoms with E-state index in [1.165, 1.54) is 24.3 Å². The number of hydrogen-bond donors (Lipinski definition) is 3. The zero-order chi connectivity index (χ0) is 22.3. The molecule has 0 unspecified atom stereocenters. The van der Waals surface area contributed by atoms with Gasteiger partial charge in [0.2, 0.25) is 15.9 Å². The molecule has 2 heterocycles. The molecule has 1 aromatic carbocycles. The molecule has 0 aliphatic carbocycles. The van der Waals surface area contributed by atoms with Crippen molar-refractivity contribution in [2.45, 2.75) is 42.4 Å². The molecule has 0 saturated carbocycles. The predicted octanol–water partition coefficient (Wildman–Crippen LogP) is 0.365. The van der Waals surface area contributed by atoms with Crippen molar-refractivity contribution < 1.29 is 27.8 Å². The van der Waals surface area contributed by atoms with E-state index in [1.54, 1.807) is 0 Å². The number of aliphatic hydroxyl groups excluding tert-OH is 1. The summed E-state index contributed by atoms with van der Waals surface area (Å²) >= 11 is 5.82. The number of ether oxygens (including phenoxy) is 2. The molecule has 0 bridgehead atoms. The van der Waals surface area contributed by atoms with E-state index >= 15 is 0 Å². The smallest absolute Gasteiger partial charge is 0.240 e. The van der Waals surface area contributed by atoms with Crippen LogP contribution in [0.4, 0.5) is 0 Å². The molecule has 2 aliphatic rings. The van der Waals surface area contributed by atoms with Crippen molar-refractivity contribution in [1.82, 2.24) is 14.9 Å². The summed E-state index contributed by atoms with van der Waals surface area (Å²) in [5, 5.41) is 13.1. The van der Waals surface area contributed by atoms with Crippen molar-refractivity contribution in [3.8, 4) is 0 Å². The van der Waals surface area contributed by atoms with Crippen molar-refractivity contribution in [1.29, 1.82) is 0 Å². The van der Waals surface area contributed by atoms with E-state index in [4.69, 9.17) is 21.1 Å². The van der Waals surface area contributed by atoms with Gasteiger partial charge in [0.05, 0.1) is 49.5 Å². The van der Waals surface area contributed by atoms with Gasteiger partial charge in [0, 0.05) is 24.7 Å². The number of halogens is 1. The number of nitrogens with one attached hydrogen (secondary N) is 2. The number of sulfonamides is 1. The van der Waals surface area contributed by atoms with Gasteiger partial charge in [0.25, 0.3) is 0 Å². The second-order valence-electron chi connectivity index (χ2n) is 7.77. The number of hydrogen-bond acceptors (Lipinski definition) is 7. The number of carbonyl (C=O) groups excluding carboxylic acids is 1. The minimum atomic E-state index is -3.75. The number of carbonyl (C=O) groups is 1. The predicted molar refractivity (Wildman–Crippen MR) is 115 cm³/mol. The third kappa shape index (κ3) is 7.38. The average molecular weight is 476 g/mol. The minimum Gasteiger partial charge on any atom is -0.394 e. The van der Waals surface area contributed by atoms with Crippen LogP contribution in [0.15, 0.2) is 29.2 Å². The maximum atomic E-state index is 12.6. The Morgan fingerprint density at radius 3 is 2.58 bits per heavy atom. The summed E-state index contributed by atoms with van der Waals surface area (Å²) in [6, 6.07) is 5.37. The van der Waals surface area contributed by atoms with Crippen LogP contribution >= 0.6 is 11.6 Å². The molecule has 31 heavy (non-hydrogen) atoms. The van der Waals surface area contributed by atoms with Gasteiger partial charge in [-0.05, 0) is 43.5 Å². The molecule has 3 N–H and O–H groups in total. The molecule has 2 fully saturated rings. The van der Waals surface area contributed by atoms with Crippen LogP contribution in [0.3, 0.4) is 0 Å². The van der Waals surface area contributed by atoms with Crippen LogP contribution in [0.1, 0.15) is 19.3 Å². The molecule has 1 amide bonds. The van der Waals surface area contributed by atoms with E-state index in [0.717, 1.165) is 13.1 Å². The molecule has 0 aromatic heterocycles. The number of morpholine rings is 1. The third-order valence-corrected chi connectivity index (χ3v) is 7.24. The monoisotopic (exact) mass is 475 g/mol. The molecule has 3 atom stereocenters. The molecule has 2 saturated heterocycles. The van der Waals surface area contributed by atoms with Gasteiger partial charge in [0.15, 0.2) is 0 Å². The molecule has 174 valence electrons. The van der Waals surface area contributed by atoms with E-state index in [-0.39, 0.29) is 23.5 Å². The van der Waals surface area contributed by atoms with Gasteiger partial charge in [-0.2, -0.15) is 0 Å². The number of nitrogens with zero attached hydrogens (tertiary/aromatic N) is 1. The number of rotatable bonds is 9. The number of amides is 1. The molecule has 2 aliphatic heterocycles. The van der Waals surface area contributed by atoms with Gasteiger partial charge < -0.3 is 19.9 Å². The lowest BCUT2D eigenvalue weighted by molar-refractivity contribution is -0.123. The van der Waals surface area contributed by atoms with Crippen molar-refractivity contribution in [2.24, 2.45) is 0 Å². The topological polar surface area (TPSA) is 117 Å². The normalized spacial score (nSPS) is 25.3. The Morgan fingerprint density at radius 2 is 1.90 bits per heavy atom. The quantitative estimate of drug-likeness (QED) is 0.472. The van der Waals surface area contributed by atoms with Crippen molar-refractivity contribution in [3.05, 3.63) is 29.3 Å². The van der Waals surface area contributed by atoms with Crippen molar-refractivity contribution >= 4 is 27.5 Å². The summed E-state index contributed by atoms with van der Waals surface area (Å²) in [7, 11) is -3.75. The first kappa shape index (κ1) is 24.4. The van der Waals surface area contributed by atoms with Crippen LogP contribution < -0.4 is 10.0 Å². The van der Waals surface area contributed by atoms with Crippen molar-refractivity contribution in [3.63, 3.8) is 0 Å². The highest BCUT2D eigenvalue weighted by Gasteiger charge is 2.33. The van der Waals surface area contributed by atoms with Crippen LogP contribution in [-0.2, 0) is 24.3 Å². The molecular formula is C20H30ClN3O6S. The summed E-state index contributed by atoms with van der Waals surface area (Å²) < 4.78 is 39.0. The highest BCUT2D eigenvalue weighted by molar-refractivity contribution is 7.89. The van der Waals surface area contributed by atoms with Crippen LogP contribution in [0.25, 0.3) is 0 Å². The van der Waals surface area contributed by atoms with Crippen LogP contribution in [0.5, 0.6) is 0 Å². The Morgan fingerprint density at radius 1 is 1.19 bits per heavy atom. The molecule has 0 radical (unpaired) electrons. The Hall–Kier alpha value is -1.27. The molecular weight excluding hydrogens is 446 g/mol. The summed E-state index contributed by atoms with van der Waals surface area (Å²) in [5.41, 5.74) is 0. The van der Waals surface area contributed by atoms with E-state index in [1.807, 2.05) is 0 Å². The Bertz CT molecular complexity index is 817. The summed E-state index contributed by atoms with van der Waals surface area (Å²) in [6.45, 7) is 3.32. The first-order valence-corrected chi connectivity index (χ1v) is 12.3. The summed E-state index contributed by atoms with van der Waals surface area (Å²) in [4.78, 5) is 14.2. The first-order valence-electron chi connectivity index (χ1n) is 10.5. The van der Waals surface area contributed by atoms with Gasteiger partial charge in [0.1, 0.15) is 0 Å². The molecule has 9 nitrogen and oxygen atoms in total. The Balaban J connectivity index is 1.43. The Labute approximate surface area is 188 Å².